The summed E-state index contributed by atoms with van der Waals surface area (Å²) in [5.74, 6) is -1.04. The molecule has 0 unspecified atom stereocenters. The maximum Gasteiger partial charge on any atom is 0.299 e. The molecule has 1 amide bonds. The van der Waals surface area contributed by atoms with Crippen LogP contribution in [0.3, 0.4) is 0 Å². The quantitative estimate of drug-likeness (QED) is 0.716. The molecule has 1 N–H and O–H groups in total. The first-order chi connectivity index (χ1) is 7.15. The SMILES string of the molecule is Cc1ccc2c(c1)C(=O)C(=O)N2CCO. The lowest BCUT2D eigenvalue weighted by Crippen LogP contribution is -2.32. The van der Waals surface area contributed by atoms with Gasteiger partial charge < -0.3 is 10.0 Å². The van der Waals surface area contributed by atoms with Gasteiger partial charge in [0.15, 0.2) is 0 Å². The first-order valence-electron chi connectivity index (χ1n) is 4.73. The van der Waals surface area contributed by atoms with Crippen molar-refractivity contribution in [2.24, 2.45) is 0 Å². The summed E-state index contributed by atoms with van der Waals surface area (Å²) in [6, 6.07) is 5.28. The first-order valence-corrected chi connectivity index (χ1v) is 4.73. The van der Waals surface area contributed by atoms with Crippen LogP contribution in [-0.4, -0.2) is 29.9 Å². The molecule has 0 radical (unpaired) electrons. The third-order valence-corrected chi connectivity index (χ3v) is 2.45. The molecule has 15 heavy (non-hydrogen) atoms. The number of ketones is 1. The number of carbonyl (C=O) groups is 2. The molecule has 0 aliphatic carbocycles. The molecule has 0 aromatic heterocycles. The summed E-state index contributed by atoms with van der Waals surface area (Å²) in [4.78, 5) is 24.4. The van der Waals surface area contributed by atoms with Crippen LogP contribution in [0.1, 0.15) is 15.9 Å². The van der Waals surface area contributed by atoms with Crippen LogP contribution in [-0.2, 0) is 4.79 Å². The highest BCUT2D eigenvalue weighted by molar-refractivity contribution is 6.52. The van der Waals surface area contributed by atoms with E-state index in [0.29, 0.717) is 11.3 Å². The number of benzene rings is 1. The van der Waals surface area contributed by atoms with E-state index >= 15 is 0 Å². The van der Waals surface area contributed by atoms with Crippen LogP contribution in [0.2, 0.25) is 0 Å². The Labute approximate surface area is 87.1 Å². The van der Waals surface area contributed by atoms with Crippen molar-refractivity contribution in [3.63, 3.8) is 0 Å². The van der Waals surface area contributed by atoms with Crippen molar-refractivity contribution in [2.45, 2.75) is 6.92 Å². The minimum atomic E-state index is -0.551. The Morgan fingerprint density at radius 2 is 2.07 bits per heavy atom. The third kappa shape index (κ3) is 1.43. The van der Waals surface area contributed by atoms with Crippen molar-refractivity contribution in [1.29, 1.82) is 0 Å². The van der Waals surface area contributed by atoms with Gasteiger partial charge in [0.2, 0.25) is 0 Å². The molecule has 0 bridgehead atoms. The molecule has 0 fully saturated rings. The van der Waals surface area contributed by atoms with Crippen LogP contribution in [0.4, 0.5) is 5.69 Å². The van der Waals surface area contributed by atoms with E-state index in [1.165, 1.54) is 4.90 Å². The minimum absolute atomic E-state index is 0.146. The van der Waals surface area contributed by atoms with Crippen LogP contribution in [0.5, 0.6) is 0 Å². The van der Waals surface area contributed by atoms with Gasteiger partial charge in [-0.15, -0.1) is 0 Å². The van der Waals surface area contributed by atoms with Gasteiger partial charge in [-0.2, -0.15) is 0 Å². The molecule has 2 rings (SSSR count). The lowest BCUT2D eigenvalue weighted by Gasteiger charge is -2.14. The Bertz CT molecular complexity index is 439. The largest absolute Gasteiger partial charge is 0.395 e. The number of aliphatic hydroxyl groups excluding tert-OH is 1. The molecule has 78 valence electrons. The van der Waals surface area contributed by atoms with E-state index in [-0.39, 0.29) is 13.2 Å². The Balaban J connectivity index is 2.50. The van der Waals surface area contributed by atoms with Gasteiger partial charge in [-0.25, -0.2) is 0 Å². The fourth-order valence-electron chi connectivity index (χ4n) is 1.74. The number of amides is 1. The summed E-state index contributed by atoms with van der Waals surface area (Å²) < 4.78 is 0. The molecule has 1 aliphatic rings. The minimum Gasteiger partial charge on any atom is -0.395 e. The topological polar surface area (TPSA) is 57.6 Å². The zero-order valence-electron chi connectivity index (χ0n) is 8.36. The molecule has 0 saturated carbocycles. The summed E-state index contributed by atoms with van der Waals surface area (Å²) in [6.45, 7) is 1.89. The number of fused-ring (bicyclic) bond motifs is 1. The van der Waals surface area contributed by atoms with Crippen LogP contribution in [0.15, 0.2) is 18.2 Å². The molecule has 0 saturated heterocycles. The molecule has 1 aliphatic heterocycles. The predicted molar refractivity (Wildman–Crippen MR) is 54.9 cm³/mol. The smallest absolute Gasteiger partial charge is 0.299 e. The van der Waals surface area contributed by atoms with Gasteiger partial charge in [0.05, 0.1) is 17.9 Å². The van der Waals surface area contributed by atoms with Crippen molar-refractivity contribution in [3.05, 3.63) is 29.3 Å². The van der Waals surface area contributed by atoms with Crippen molar-refractivity contribution >= 4 is 17.4 Å². The predicted octanol–water partition coefficient (Wildman–Crippen LogP) is 0.517. The Morgan fingerprint density at radius 3 is 2.73 bits per heavy atom. The molecule has 1 aromatic carbocycles. The second-order valence-electron chi connectivity index (χ2n) is 3.53. The van der Waals surface area contributed by atoms with Crippen molar-refractivity contribution in [1.82, 2.24) is 0 Å². The van der Waals surface area contributed by atoms with Crippen LogP contribution in [0, 0.1) is 6.92 Å². The van der Waals surface area contributed by atoms with E-state index in [1.807, 2.05) is 13.0 Å². The van der Waals surface area contributed by atoms with Crippen LogP contribution < -0.4 is 4.90 Å². The highest BCUT2D eigenvalue weighted by Crippen LogP contribution is 2.29. The van der Waals surface area contributed by atoms with Gasteiger partial charge in [0.25, 0.3) is 11.7 Å². The van der Waals surface area contributed by atoms with Crippen molar-refractivity contribution in [3.8, 4) is 0 Å². The number of β-amino-alcohol motifs (C(OH)–C–C–N with tert-alkyl or cyclic N) is 1. The number of aryl methyl sites for hydroxylation is 1. The number of hydrogen-bond donors (Lipinski definition) is 1. The molecule has 1 heterocycles. The number of anilines is 1. The second-order valence-corrected chi connectivity index (χ2v) is 3.53. The fraction of sp³-hybridized carbons (Fsp3) is 0.273. The van der Waals surface area contributed by atoms with E-state index in [9.17, 15) is 9.59 Å². The lowest BCUT2D eigenvalue weighted by molar-refractivity contribution is -0.114. The zero-order valence-corrected chi connectivity index (χ0v) is 8.36. The standard InChI is InChI=1S/C11H11NO3/c1-7-2-3-9-8(6-7)10(14)11(15)12(9)4-5-13/h2-3,6,13H,4-5H2,1H3. The first kappa shape index (κ1) is 9.86. The van der Waals surface area contributed by atoms with Crippen LogP contribution >= 0.6 is 0 Å². The maximum atomic E-state index is 11.6. The molecule has 0 spiro atoms. The molecule has 1 aromatic rings. The monoisotopic (exact) mass is 205 g/mol. The average Bonchev–Trinajstić information content (AvgIpc) is 2.44. The van der Waals surface area contributed by atoms with Crippen molar-refractivity contribution < 1.29 is 14.7 Å². The Morgan fingerprint density at radius 1 is 1.33 bits per heavy atom. The average molecular weight is 205 g/mol. The van der Waals surface area contributed by atoms with Gasteiger partial charge in [-0.3, -0.25) is 9.59 Å². The van der Waals surface area contributed by atoms with Gasteiger partial charge in [0.1, 0.15) is 0 Å². The van der Waals surface area contributed by atoms with Crippen LogP contribution in [0.25, 0.3) is 0 Å². The molecular weight excluding hydrogens is 194 g/mol. The summed E-state index contributed by atoms with van der Waals surface area (Å²) >= 11 is 0. The maximum absolute atomic E-state index is 11.6. The van der Waals surface area contributed by atoms with Gasteiger partial charge in [-0.1, -0.05) is 11.6 Å². The Kier molecular flexibility index (Phi) is 2.28. The molecular formula is C11H11NO3. The van der Waals surface area contributed by atoms with E-state index in [4.69, 9.17) is 5.11 Å². The van der Waals surface area contributed by atoms with Gasteiger partial charge in [-0.05, 0) is 19.1 Å². The molecule has 0 atom stereocenters. The summed E-state index contributed by atoms with van der Waals surface area (Å²) in [5.41, 5.74) is 1.99. The molecule has 4 heteroatoms. The van der Waals surface area contributed by atoms with Gasteiger partial charge >= 0.3 is 0 Å². The third-order valence-electron chi connectivity index (χ3n) is 2.45. The van der Waals surface area contributed by atoms with E-state index in [2.05, 4.69) is 0 Å². The van der Waals surface area contributed by atoms with E-state index in [0.717, 1.165) is 5.56 Å². The number of hydrogen-bond acceptors (Lipinski definition) is 3. The normalized spacial score (nSPS) is 14.7. The second kappa shape index (κ2) is 3.47. The van der Waals surface area contributed by atoms with Gasteiger partial charge in [0, 0.05) is 6.54 Å². The fourth-order valence-corrected chi connectivity index (χ4v) is 1.74. The van der Waals surface area contributed by atoms with Crippen molar-refractivity contribution in [2.75, 3.05) is 18.1 Å². The number of aliphatic hydroxyl groups is 1. The number of nitrogens with zero attached hydrogens (tertiary/aromatic N) is 1. The lowest BCUT2D eigenvalue weighted by atomic mass is 10.1. The number of carbonyl (C=O) groups excluding carboxylic acids is 2. The summed E-state index contributed by atoms with van der Waals surface area (Å²) in [6.07, 6.45) is 0. The molecule has 4 nitrogen and oxygen atoms in total. The highest BCUT2D eigenvalue weighted by atomic mass is 16.3. The Hall–Kier alpha value is -1.68. The summed E-state index contributed by atoms with van der Waals surface area (Å²) in [7, 11) is 0. The number of Topliss-reactive ketones (excluding diaryl/α,β-unsaturated/α-hetero) is 1. The number of rotatable bonds is 2. The van der Waals surface area contributed by atoms with E-state index in [1.54, 1.807) is 12.1 Å². The zero-order chi connectivity index (χ0) is 11.0. The van der Waals surface area contributed by atoms with E-state index < -0.39 is 11.7 Å². The highest BCUT2D eigenvalue weighted by Gasteiger charge is 2.35. The summed E-state index contributed by atoms with van der Waals surface area (Å²) in [5, 5.41) is 8.81.